The highest BCUT2D eigenvalue weighted by atomic mass is 35.5. The number of halogens is 1. The Labute approximate surface area is 194 Å². The number of hydrogen-bond acceptors (Lipinski definition) is 3. The molecule has 0 unspecified atom stereocenters. The quantitative estimate of drug-likeness (QED) is 0.308. The maximum absolute atomic E-state index is 5.83. The second-order valence-corrected chi connectivity index (χ2v) is 8.16. The minimum atomic E-state index is 0. The highest BCUT2D eigenvalue weighted by molar-refractivity contribution is 5.85. The van der Waals surface area contributed by atoms with Gasteiger partial charge in [-0.1, -0.05) is 68.2 Å². The van der Waals surface area contributed by atoms with Gasteiger partial charge in [-0.3, -0.25) is 0 Å². The smallest absolute Gasteiger partial charge is 0.127 e. The Morgan fingerprint density at radius 2 is 1.55 bits per heavy atom. The van der Waals surface area contributed by atoms with E-state index in [-0.39, 0.29) is 12.4 Å². The van der Waals surface area contributed by atoms with Crippen LogP contribution >= 0.6 is 12.4 Å². The van der Waals surface area contributed by atoms with E-state index in [1.165, 1.54) is 63.5 Å². The van der Waals surface area contributed by atoms with Gasteiger partial charge in [0.2, 0.25) is 0 Å². The van der Waals surface area contributed by atoms with Crippen molar-refractivity contribution in [2.45, 2.75) is 63.8 Å². The molecule has 0 spiro atoms. The van der Waals surface area contributed by atoms with Crippen molar-refractivity contribution in [3.05, 3.63) is 66.2 Å². The van der Waals surface area contributed by atoms with Crippen molar-refractivity contribution in [3.63, 3.8) is 0 Å². The molecular formula is C27H38ClNO2. The topological polar surface area (TPSA) is 30.5 Å². The van der Waals surface area contributed by atoms with Crippen LogP contribution < -0.4 is 10.1 Å². The molecule has 1 N–H and O–H groups in total. The predicted molar refractivity (Wildman–Crippen MR) is 133 cm³/mol. The van der Waals surface area contributed by atoms with E-state index in [9.17, 15) is 0 Å². The fourth-order valence-electron chi connectivity index (χ4n) is 3.79. The number of benzene rings is 2. The molecule has 1 fully saturated rings. The molecule has 2 aromatic carbocycles. The molecule has 1 aliphatic heterocycles. The van der Waals surface area contributed by atoms with E-state index < -0.39 is 0 Å². The van der Waals surface area contributed by atoms with Gasteiger partial charge in [-0.15, -0.1) is 12.4 Å². The van der Waals surface area contributed by atoms with Crippen LogP contribution in [0.2, 0.25) is 0 Å². The van der Waals surface area contributed by atoms with Crippen molar-refractivity contribution in [3.8, 4) is 11.5 Å². The van der Waals surface area contributed by atoms with Gasteiger partial charge >= 0.3 is 0 Å². The molecule has 0 amide bonds. The molecule has 1 aliphatic rings. The van der Waals surface area contributed by atoms with Crippen LogP contribution in [0.1, 0.15) is 63.4 Å². The minimum Gasteiger partial charge on any atom is -0.457 e. The molecule has 0 aliphatic carbocycles. The fourth-order valence-corrected chi connectivity index (χ4v) is 3.79. The summed E-state index contributed by atoms with van der Waals surface area (Å²) in [7, 11) is 0. The Hall–Kier alpha value is -1.81. The summed E-state index contributed by atoms with van der Waals surface area (Å²) in [4.78, 5) is 0. The molecule has 2 aromatic rings. The van der Waals surface area contributed by atoms with Gasteiger partial charge in [0.1, 0.15) is 11.5 Å². The number of rotatable bonds is 14. The lowest BCUT2D eigenvalue weighted by atomic mass is 10.1. The fraction of sp³-hybridized carbons (Fsp3) is 0.481. The molecule has 1 atom stereocenters. The van der Waals surface area contributed by atoms with E-state index >= 15 is 0 Å². The van der Waals surface area contributed by atoms with Crippen LogP contribution in [0, 0.1) is 0 Å². The van der Waals surface area contributed by atoms with Crippen LogP contribution in [0.25, 0.3) is 6.08 Å². The molecular weight excluding hydrogens is 406 g/mol. The third-order valence-electron chi connectivity index (χ3n) is 5.56. The van der Waals surface area contributed by atoms with Gasteiger partial charge < -0.3 is 14.8 Å². The number of unbranched alkanes of at least 4 members (excludes halogenated alkanes) is 6. The number of allylic oxidation sites excluding steroid dienone is 1. The summed E-state index contributed by atoms with van der Waals surface area (Å²) in [5.41, 5.74) is 1.23. The number of ether oxygens (including phenoxy) is 2. The summed E-state index contributed by atoms with van der Waals surface area (Å²) in [6.07, 6.45) is 16.0. The largest absolute Gasteiger partial charge is 0.457 e. The van der Waals surface area contributed by atoms with E-state index in [0.29, 0.717) is 6.04 Å². The Morgan fingerprint density at radius 1 is 0.839 bits per heavy atom. The Kier molecular flexibility index (Phi) is 13.1. The van der Waals surface area contributed by atoms with E-state index in [1.807, 2.05) is 42.5 Å². The number of para-hydroxylation sites is 1. The van der Waals surface area contributed by atoms with Crippen molar-refractivity contribution in [1.82, 2.24) is 5.32 Å². The molecule has 1 saturated heterocycles. The molecule has 3 rings (SSSR count). The summed E-state index contributed by atoms with van der Waals surface area (Å²) >= 11 is 0. The molecule has 0 radical (unpaired) electrons. The highest BCUT2D eigenvalue weighted by Crippen LogP contribution is 2.21. The summed E-state index contributed by atoms with van der Waals surface area (Å²) < 4.78 is 11.6. The summed E-state index contributed by atoms with van der Waals surface area (Å²) in [6, 6.07) is 18.8. The zero-order chi connectivity index (χ0) is 20.7. The predicted octanol–water partition coefficient (Wildman–Crippen LogP) is 7.41. The van der Waals surface area contributed by atoms with E-state index in [2.05, 4.69) is 29.6 Å². The van der Waals surface area contributed by atoms with Gasteiger partial charge in [0.05, 0.1) is 6.61 Å². The lowest BCUT2D eigenvalue weighted by Crippen LogP contribution is -2.26. The third-order valence-corrected chi connectivity index (χ3v) is 5.56. The first-order chi connectivity index (χ1) is 14.9. The second-order valence-electron chi connectivity index (χ2n) is 8.16. The lowest BCUT2D eigenvalue weighted by molar-refractivity contribution is 0.112. The SMILES string of the molecule is C(=C\c1ccc(Oc2ccccc2)cc1)/CCCCCCCCOC[C@@H]1CCCN1.Cl. The van der Waals surface area contributed by atoms with E-state index in [1.54, 1.807) is 0 Å². The van der Waals surface area contributed by atoms with Crippen LogP contribution in [0.5, 0.6) is 11.5 Å². The summed E-state index contributed by atoms with van der Waals surface area (Å²) in [5.74, 6) is 1.74. The molecule has 0 bridgehead atoms. The standard InChI is InChI=1S/C27H37NO2.ClH/c1(2-4-6-11-22-29-23-25-14-12-21-28-25)3-5-8-13-24-17-19-27(20-18-24)30-26-15-9-7-10-16-26;/h7-10,13,15-20,25,28H,1-6,11-12,14,21-23H2;1H/b13-8+;/t25-;/m0./s1. The molecule has 0 saturated carbocycles. The van der Waals surface area contributed by atoms with E-state index in [0.717, 1.165) is 31.1 Å². The molecule has 170 valence electrons. The normalized spacial score (nSPS) is 15.8. The first-order valence-electron chi connectivity index (χ1n) is 11.7. The zero-order valence-electron chi connectivity index (χ0n) is 18.6. The molecule has 3 nitrogen and oxygen atoms in total. The average molecular weight is 444 g/mol. The van der Waals surface area contributed by atoms with Gasteiger partial charge in [-0.05, 0) is 68.5 Å². The van der Waals surface area contributed by atoms with Crippen molar-refractivity contribution in [1.29, 1.82) is 0 Å². The lowest BCUT2D eigenvalue weighted by Gasteiger charge is -2.10. The van der Waals surface area contributed by atoms with Gasteiger partial charge in [0.25, 0.3) is 0 Å². The third kappa shape index (κ3) is 10.9. The molecule has 31 heavy (non-hydrogen) atoms. The summed E-state index contributed by atoms with van der Waals surface area (Å²) in [6.45, 7) is 2.99. The van der Waals surface area contributed by atoms with Gasteiger partial charge in [-0.25, -0.2) is 0 Å². The first-order valence-corrected chi connectivity index (χ1v) is 11.7. The van der Waals surface area contributed by atoms with Crippen molar-refractivity contribution in [2.75, 3.05) is 19.8 Å². The number of nitrogens with one attached hydrogen (secondary N) is 1. The second kappa shape index (κ2) is 15.9. The molecule has 1 heterocycles. The average Bonchev–Trinajstić information content (AvgIpc) is 3.30. The molecule has 0 aromatic heterocycles. The van der Waals surface area contributed by atoms with Crippen LogP contribution in [0.3, 0.4) is 0 Å². The Morgan fingerprint density at radius 3 is 2.29 bits per heavy atom. The minimum absolute atomic E-state index is 0. The van der Waals surface area contributed by atoms with Crippen molar-refractivity contribution in [2.24, 2.45) is 0 Å². The van der Waals surface area contributed by atoms with Crippen LogP contribution in [0.4, 0.5) is 0 Å². The number of hydrogen-bond donors (Lipinski definition) is 1. The van der Waals surface area contributed by atoms with Crippen molar-refractivity contribution >= 4 is 18.5 Å². The molecule has 4 heteroatoms. The van der Waals surface area contributed by atoms with Crippen molar-refractivity contribution < 1.29 is 9.47 Å². The maximum Gasteiger partial charge on any atom is 0.127 e. The Balaban J connectivity index is 0.00000341. The van der Waals surface area contributed by atoms with Gasteiger partial charge in [0, 0.05) is 12.6 Å². The monoisotopic (exact) mass is 443 g/mol. The van der Waals surface area contributed by atoms with Gasteiger partial charge in [0.15, 0.2) is 0 Å². The zero-order valence-corrected chi connectivity index (χ0v) is 19.5. The van der Waals surface area contributed by atoms with Crippen LogP contribution in [-0.2, 0) is 4.74 Å². The maximum atomic E-state index is 5.83. The van der Waals surface area contributed by atoms with Crippen LogP contribution in [-0.4, -0.2) is 25.8 Å². The van der Waals surface area contributed by atoms with Crippen LogP contribution in [0.15, 0.2) is 60.7 Å². The highest BCUT2D eigenvalue weighted by Gasteiger charge is 2.13. The summed E-state index contributed by atoms with van der Waals surface area (Å²) in [5, 5.41) is 3.48. The Bertz CT molecular complexity index is 712. The van der Waals surface area contributed by atoms with Gasteiger partial charge in [-0.2, -0.15) is 0 Å². The van der Waals surface area contributed by atoms with E-state index in [4.69, 9.17) is 9.47 Å². The first kappa shape index (κ1) is 25.5.